The molecule has 3 N–H and O–H groups in total. The van der Waals surface area contributed by atoms with E-state index in [1.807, 2.05) is 0 Å². The van der Waals surface area contributed by atoms with Gasteiger partial charge in [0.05, 0.1) is 11.3 Å². The number of nitrogens with zero attached hydrogens (tertiary/aromatic N) is 1. The second kappa shape index (κ2) is 7.40. The van der Waals surface area contributed by atoms with Crippen LogP contribution >= 0.6 is 0 Å². The van der Waals surface area contributed by atoms with Gasteiger partial charge in [-0.25, -0.2) is 4.79 Å². The first kappa shape index (κ1) is 16.9. The van der Waals surface area contributed by atoms with Crippen molar-refractivity contribution >= 4 is 23.6 Å². The normalized spacial score (nSPS) is 9.26. The van der Waals surface area contributed by atoms with Crippen molar-refractivity contribution in [2.45, 2.75) is 0 Å². The van der Waals surface area contributed by atoms with Gasteiger partial charge in [0.1, 0.15) is 13.1 Å². The molecule has 0 saturated carbocycles. The number of aliphatic carboxylic acids is 2. The van der Waals surface area contributed by atoms with Gasteiger partial charge in [-0.1, -0.05) is 12.1 Å². The third kappa shape index (κ3) is 4.99. The Labute approximate surface area is 118 Å². The second-order valence-corrected chi connectivity index (χ2v) is 3.47. The minimum absolute atomic E-state index is 0. The minimum Gasteiger partial charge on any atom is -0.480 e. The number of carbonyl (C=O) groups is 3. The summed E-state index contributed by atoms with van der Waals surface area (Å²) in [6, 6.07) is 5.65. The van der Waals surface area contributed by atoms with Gasteiger partial charge in [0.15, 0.2) is 0 Å². The van der Waals surface area contributed by atoms with E-state index in [2.05, 4.69) is 0 Å². The number of carboxylic acids is 3. The third-order valence-corrected chi connectivity index (χ3v) is 2.13. The van der Waals surface area contributed by atoms with E-state index >= 15 is 0 Å². The summed E-state index contributed by atoms with van der Waals surface area (Å²) in [6.07, 6.45) is 0. The molecule has 0 heterocycles. The Morgan fingerprint density at radius 1 is 0.947 bits per heavy atom. The van der Waals surface area contributed by atoms with E-state index in [1.54, 1.807) is 0 Å². The first-order valence-corrected chi connectivity index (χ1v) is 4.92. The van der Waals surface area contributed by atoms with Gasteiger partial charge >= 0.3 is 17.9 Å². The molecule has 8 heteroatoms. The third-order valence-electron chi connectivity index (χ3n) is 2.13. The van der Waals surface area contributed by atoms with Crippen molar-refractivity contribution in [3.63, 3.8) is 0 Å². The Bertz CT molecular complexity index is 474. The maximum Gasteiger partial charge on any atom is 0.337 e. The van der Waals surface area contributed by atoms with Crippen molar-refractivity contribution in [2.24, 2.45) is 0 Å². The first-order chi connectivity index (χ1) is 8.41. The summed E-state index contributed by atoms with van der Waals surface area (Å²) in [6.45, 7) is -1.17. The number of aromatic carboxylic acids is 1. The molecule has 0 aliphatic carbocycles. The fraction of sp³-hybridized carbons (Fsp3) is 0.182. The van der Waals surface area contributed by atoms with Gasteiger partial charge in [0, 0.05) is 17.1 Å². The van der Waals surface area contributed by atoms with Crippen LogP contribution in [-0.2, 0) is 26.7 Å². The van der Waals surface area contributed by atoms with Crippen LogP contribution in [0.25, 0.3) is 0 Å². The molecule has 0 aliphatic heterocycles. The predicted molar refractivity (Wildman–Crippen MR) is 60.9 cm³/mol. The Hall–Kier alpha value is -2.05. The SMILES string of the molecule is O=C(O)CN(CC(=O)O)c1ccccc1C(=O)O.[Fe]. The van der Waals surface area contributed by atoms with E-state index in [9.17, 15) is 14.4 Å². The molecule has 0 fully saturated rings. The number of hydrogen-bond acceptors (Lipinski definition) is 4. The van der Waals surface area contributed by atoms with E-state index in [4.69, 9.17) is 15.3 Å². The average molecular weight is 309 g/mol. The zero-order valence-electron chi connectivity index (χ0n) is 9.59. The molecule has 0 bridgehead atoms. The fourth-order valence-electron chi connectivity index (χ4n) is 1.48. The van der Waals surface area contributed by atoms with Crippen LogP contribution in [0.1, 0.15) is 10.4 Å². The monoisotopic (exact) mass is 309 g/mol. The van der Waals surface area contributed by atoms with Crippen molar-refractivity contribution in [3.8, 4) is 0 Å². The molecule has 0 unspecified atom stereocenters. The van der Waals surface area contributed by atoms with Gasteiger partial charge in [0.25, 0.3) is 0 Å². The molecule has 19 heavy (non-hydrogen) atoms. The van der Waals surface area contributed by atoms with Crippen LogP contribution in [0.2, 0.25) is 0 Å². The van der Waals surface area contributed by atoms with Crippen molar-refractivity contribution < 1.29 is 46.8 Å². The summed E-state index contributed by atoms with van der Waals surface area (Å²) >= 11 is 0. The molecule has 0 atom stereocenters. The zero-order chi connectivity index (χ0) is 13.7. The number of anilines is 1. The topological polar surface area (TPSA) is 115 Å². The van der Waals surface area contributed by atoms with Gasteiger partial charge in [-0.15, -0.1) is 0 Å². The Kier molecular flexibility index (Phi) is 6.60. The first-order valence-electron chi connectivity index (χ1n) is 4.92. The standard InChI is InChI=1S/C11H11NO6.Fe/c13-9(14)5-12(6-10(15)16)8-4-2-1-3-7(8)11(17)18;/h1-4H,5-6H2,(H,13,14)(H,15,16)(H,17,18);. The Balaban J connectivity index is 0.00000324. The minimum atomic E-state index is -1.24. The largest absolute Gasteiger partial charge is 0.480 e. The van der Waals surface area contributed by atoms with Gasteiger partial charge in [0.2, 0.25) is 0 Å². The summed E-state index contributed by atoms with van der Waals surface area (Å²) in [7, 11) is 0. The zero-order valence-corrected chi connectivity index (χ0v) is 10.7. The number of carboxylic acid groups (broad SMARTS) is 3. The van der Waals surface area contributed by atoms with E-state index in [-0.39, 0.29) is 28.3 Å². The van der Waals surface area contributed by atoms with E-state index < -0.39 is 31.0 Å². The molecule has 0 aliphatic rings. The van der Waals surface area contributed by atoms with Crippen molar-refractivity contribution in [1.82, 2.24) is 0 Å². The van der Waals surface area contributed by atoms with Gasteiger partial charge in [-0.2, -0.15) is 0 Å². The molecule has 7 nitrogen and oxygen atoms in total. The van der Waals surface area contributed by atoms with Gasteiger partial charge in [-0.05, 0) is 12.1 Å². The molecular formula is C11H11FeNO6. The Morgan fingerprint density at radius 3 is 1.84 bits per heavy atom. The number of benzene rings is 1. The maximum atomic E-state index is 11.0. The summed E-state index contributed by atoms with van der Waals surface area (Å²) in [4.78, 5) is 33.3. The summed E-state index contributed by atoms with van der Waals surface area (Å²) in [5, 5.41) is 26.4. The van der Waals surface area contributed by atoms with Gasteiger partial charge in [-0.3, -0.25) is 9.59 Å². The van der Waals surface area contributed by atoms with Crippen LogP contribution in [0.5, 0.6) is 0 Å². The molecule has 104 valence electrons. The number of para-hydroxylation sites is 1. The molecule has 1 rings (SSSR count). The molecule has 0 spiro atoms. The van der Waals surface area contributed by atoms with Crippen LogP contribution in [0.3, 0.4) is 0 Å². The Morgan fingerprint density at radius 2 is 1.42 bits per heavy atom. The molecule has 0 radical (unpaired) electrons. The smallest absolute Gasteiger partial charge is 0.337 e. The van der Waals surface area contributed by atoms with Crippen LogP contribution in [0.4, 0.5) is 5.69 Å². The van der Waals surface area contributed by atoms with E-state index in [0.717, 1.165) is 4.90 Å². The second-order valence-electron chi connectivity index (χ2n) is 3.47. The van der Waals surface area contributed by atoms with Crippen molar-refractivity contribution in [2.75, 3.05) is 18.0 Å². The van der Waals surface area contributed by atoms with Crippen molar-refractivity contribution in [1.29, 1.82) is 0 Å². The van der Waals surface area contributed by atoms with Crippen molar-refractivity contribution in [3.05, 3.63) is 29.8 Å². The molecular weight excluding hydrogens is 298 g/mol. The van der Waals surface area contributed by atoms with Crippen LogP contribution in [0.15, 0.2) is 24.3 Å². The van der Waals surface area contributed by atoms with Crippen LogP contribution in [0, 0.1) is 0 Å². The quantitative estimate of drug-likeness (QED) is 0.650. The van der Waals surface area contributed by atoms with Crippen LogP contribution < -0.4 is 4.90 Å². The average Bonchev–Trinajstić information content (AvgIpc) is 2.26. The molecule has 0 amide bonds. The van der Waals surface area contributed by atoms with Crippen LogP contribution in [-0.4, -0.2) is 46.3 Å². The summed E-state index contributed by atoms with van der Waals surface area (Å²) in [5.41, 5.74) is -0.0743. The summed E-state index contributed by atoms with van der Waals surface area (Å²) in [5.74, 6) is -3.72. The van der Waals surface area contributed by atoms with E-state index in [0.29, 0.717) is 0 Å². The fourth-order valence-corrected chi connectivity index (χ4v) is 1.48. The van der Waals surface area contributed by atoms with Gasteiger partial charge < -0.3 is 20.2 Å². The molecule has 1 aromatic carbocycles. The number of hydrogen-bond donors (Lipinski definition) is 3. The maximum absolute atomic E-state index is 11.0. The summed E-state index contributed by atoms with van der Waals surface area (Å²) < 4.78 is 0. The molecule has 0 saturated heterocycles. The molecule has 0 aromatic heterocycles. The predicted octanol–water partition coefficient (Wildman–Crippen LogP) is 0.358. The van der Waals surface area contributed by atoms with E-state index in [1.165, 1.54) is 24.3 Å². The number of rotatable bonds is 6. The molecule has 1 aromatic rings.